The molecular weight excluding hydrogens is 370 g/mol. The van der Waals surface area contributed by atoms with Crippen molar-refractivity contribution < 1.29 is 14.3 Å². The molecule has 1 atom stereocenters. The minimum Gasteiger partial charge on any atom is -0.490 e. The Balaban J connectivity index is 1.52. The predicted octanol–water partition coefficient (Wildman–Crippen LogP) is 4.70. The number of ether oxygens (including phenoxy) is 2. The van der Waals surface area contributed by atoms with Gasteiger partial charge in [-0.3, -0.25) is 4.79 Å². The van der Waals surface area contributed by atoms with E-state index in [0.717, 1.165) is 18.4 Å². The number of amides is 1. The van der Waals surface area contributed by atoms with Crippen LogP contribution in [-0.2, 0) is 6.42 Å². The summed E-state index contributed by atoms with van der Waals surface area (Å²) < 4.78 is 11.5. The van der Waals surface area contributed by atoms with E-state index in [2.05, 4.69) is 23.6 Å². The van der Waals surface area contributed by atoms with Crippen molar-refractivity contribution in [3.8, 4) is 11.5 Å². The Morgan fingerprint density at radius 3 is 2.68 bits per heavy atom. The van der Waals surface area contributed by atoms with Crippen LogP contribution in [0.15, 0.2) is 60.0 Å². The number of hydrogen-bond donors (Lipinski definition) is 0. The molecule has 5 rings (SSSR count). The van der Waals surface area contributed by atoms with Crippen molar-refractivity contribution in [2.24, 2.45) is 0 Å². The molecule has 1 aromatic heterocycles. The lowest BCUT2D eigenvalue weighted by Crippen LogP contribution is -2.40. The Morgan fingerprint density at radius 1 is 1.00 bits per heavy atom. The molecule has 0 spiro atoms. The van der Waals surface area contributed by atoms with Crippen molar-refractivity contribution in [2.75, 3.05) is 19.8 Å². The summed E-state index contributed by atoms with van der Waals surface area (Å²) in [6.07, 6.45) is 1.74. The van der Waals surface area contributed by atoms with Crippen LogP contribution in [0.1, 0.15) is 38.8 Å². The summed E-state index contributed by atoms with van der Waals surface area (Å²) in [5.41, 5.74) is 3.03. The van der Waals surface area contributed by atoms with Gasteiger partial charge < -0.3 is 14.4 Å². The van der Waals surface area contributed by atoms with Crippen molar-refractivity contribution in [1.82, 2.24) is 4.90 Å². The first-order chi connectivity index (χ1) is 13.8. The lowest BCUT2D eigenvalue weighted by Gasteiger charge is -2.36. The largest absolute Gasteiger partial charge is 0.490 e. The van der Waals surface area contributed by atoms with E-state index in [1.54, 1.807) is 11.3 Å². The highest BCUT2D eigenvalue weighted by atomic mass is 32.1. The van der Waals surface area contributed by atoms with Crippen LogP contribution in [0, 0.1) is 0 Å². The number of thiophene rings is 1. The molecule has 2 aliphatic rings. The van der Waals surface area contributed by atoms with Gasteiger partial charge in [-0.1, -0.05) is 30.3 Å². The zero-order chi connectivity index (χ0) is 18.9. The van der Waals surface area contributed by atoms with Crippen LogP contribution in [0.5, 0.6) is 11.5 Å². The van der Waals surface area contributed by atoms with E-state index in [0.29, 0.717) is 36.8 Å². The molecule has 0 N–H and O–H groups in total. The molecule has 0 fully saturated rings. The van der Waals surface area contributed by atoms with Gasteiger partial charge in [-0.05, 0) is 47.2 Å². The van der Waals surface area contributed by atoms with Crippen LogP contribution >= 0.6 is 11.3 Å². The molecule has 3 heterocycles. The van der Waals surface area contributed by atoms with E-state index in [1.165, 1.54) is 10.4 Å². The molecular formula is C23H21NO3S. The van der Waals surface area contributed by atoms with Crippen LogP contribution in [0.2, 0.25) is 0 Å². The Bertz CT molecular complexity index is 998. The molecule has 0 saturated carbocycles. The second-order valence-corrected chi connectivity index (χ2v) is 8.07. The molecule has 4 nitrogen and oxygen atoms in total. The van der Waals surface area contributed by atoms with E-state index in [1.807, 2.05) is 41.3 Å². The van der Waals surface area contributed by atoms with Gasteiger partial charge in [0, 0.05) is 23.4 Å². The van der Waals surface area contributed by atoms with Gasteiger partial charge in [0.05, 0.1) is 19.3 Å². The lowest BCUT2D eigenvalue weighted by molar-refractivity contribution is 0.0695. The van der Waals surface area contributed by atoms with E-state index in [9.17, 15) is 4.79 Å². The summed E-state index contributed by atoms with van der Waals surface area (Å²) in [6.45, 7) is 1.96. The molecule has 0 bridgehead atoms. The van der Waals surface area contributed by atoms with Gasteiger partial charge in [0.15, 0.2) is 11.5 Å². The third-order valence-corrected chi connectivity index (χ3v) is 6.33. The molecule has 2 aromatic carbocycles. The van der Waals surface area contributed by atoms with E-state index >= 15 is 0 Å². The molecule has 3 aromatic rings. The summed E-state index contributed by atoms with van der Waals surface area (Å²) in [4.78, 5) is 16.9. The maximum atomic E-state index is 13.5. The van der Waals surface area contributed by atoms with Gasteiger partial charge in [0.1, 0.15) is 0 Å². The number of benzene rings is 2. The monoisotopic (exact) mass is 391 g/mol. The third kappa shape index (κ3) is 3.06. The molecule has 0 radical (unpaired) electrons. The van der Waals surface area contributed by atoms with E-state index in [-0.39, 0.29) is 11.9 Å². The SMILES string of the molecule is O=C(c1ccc2c(c1)OCCCO2)N1CCc2sccc2C1c1ccccc1. The van der Waals surface area contributed by atoms with Gasteiger partial charge in [0.25, 0.3) is 5.91 Å². The fourth-order valence-electron chi connectivity index (χ4n) is 3.99. The van der Waals surface area contributed by atoms with E-state index < -0.39 is 0 Å². The summed E-state index contributed by atoms with van der Waals surface area (Å²) in [6, 6.07) is 17.9. The number of fused-ring (bicyclic) bond motifs is 2. The fourth-order valence-corrected chi connectivity index (χ4v) is 4.90. The highest BCUT2D eigenvalue weighted by molar-refractivity contribution is 7.10. The average molecular weight is 391 g/mol. The van der Waals surface area contributed by atoms with Crippen molar-refractivity contribution >= 4 is 17.2 Å². The molecule has 1 amide bonds. The molecule has 0 aliphatic carbocycles. The fraction of sp³-hybridized carbons (Fsp3) is 0.261. The van der Waals surface area contributed by atoms with Crippen LogP contribution in [0.25, 0.3) is 0 Å². The summed E-state index contributed by atoms with van der Waals surface area (Å²) in [5, 5.41) is 2.13. The number of carbonyl (C=O) groups is 1. The standard InChI is InChI=1S/C23H21NO3S/c25-23(17-7-8-19-20(15-17)27-13-4-12-26-19)24-11-9-21-18(10-14-28-21)22(24)16-5-2-1-3-6-16/h1-3,5-8,10,14-15,22H,4,9,11-13H2. The lowest BCUT2D eigenvalue weighted by atomic mass is 9.92. The highest BCUT2D eigenvalue weighted by Crippen LogP contribution is 2.39. The minimum absolute atomic E-state index is 0.0290. The molecule has 2 aliphatic heterocycles. The second-order valence-electron chi connectivity index (χ2n) is 7.07. The summed E-state index contributed by atoms with van der Waals surface area (Å²) in [5.74, 6) is 1.40. The Morgan fingerprint density at radius 2 is 1.82 bits per heavy atom. The van der Waals surface area contributed by atoms with Crippen LogP contribution in [0.4, 0.5) is 0 Å². The van der Waals surface area contributed by atoms with Crippen molar-refractivity contribution in [3.05, 3.63) is 81.5 Å². The highest BCUT2D eigenvalue weighted by Gasteiger charge is 2.33. The summed E-state index contributed by atoms with van der Waals surface area (Å²) >= 11 is 1.78. The first kappa shape index (κ1) is 17.3. The molecule has 1 unspecified atom stereocenters. The van der Waals surface area contributed by atoms with Gasteiger partial charge >= 0.3 is 0 Å². The van der Waals surface area contributed by atoms with Crippen molar-refractivity contribution in [3.63, 3.8) is 0 Å². The van der Waals surface area contributed by atoms with Crippen molar-refractivity contribution in [1.29, 1.82) is 0 Å². The smallest absolute Gasteiger partial charge is 0.254 e. The second kappa shape index (κ2) is 7.32. The number of rotatable bonds is 2. The van der Waals surface area contributed by atoms with Gasteiger partial charge in [-0.25, -0.2) is 0 Å². The van der Waals surface area contributed by atoms with Crippen molar-refractivity contribution in [2.45, 2.75) is 18.9 Å². The zero-order valence-corrected chi connectivity index (χ0v) is 16.3. The van der Waals surface area contributed by atoms with E-state index in [4.69, 9.17) is 9.47 Å². The predicted molar refractivity (Wildman–Crippen MR) is 109 cm³/mol. The first-order valence-electron chi connectivity index (χ1n) is 9.63. The average Bonchev–Trinajstić information content (AvgIpc) is 3.10. The maximum Gasteiger partial charge on any atom is 0.254 e. The minimum atomic E-state index is -0.0559. The quantitative estimate of drug-likeness (QED) is 0.636. The molecule has 142 valence electrons. The Hall–Kier alpha value is -2.79. The first-order valence-corrected chi connectivity index (χ1v) is 10.5. The van der Waals surface area contributed by atoms with Gasteiger partial charge in [-0.15, -0.1) is 11.3 Å². The molecule has 28 heavy (non-hydrogen) atoms. The van der Waals surface area contributed by atoms with Crippen LogP contribution < -0.4 is 9.47 Å². The van der Waals surface area contributed by atoms with Gasteiger partial charge in [-0.2, -0.15) is 0 Å². The number of carbonyl (C=O) groups excluding carboxylic acids is 1. The number of hydrogen-bond acceptors (Lipinski definition) is 4. The molecule has 0 saturated heterocycles. The Kier molecular flexibility index (Phi) is 4.53. The van der Waals surface area contributed by atoms with Crippen LogP contribution in [0.3, 0.4) is 0 Å². The summed E-state index contributed by atoms with van der Waals surface area (Å²) in [7, 11) is 0. The topological polar surface area (TPSA) is 38.8 Å². The van der Waals surface area contributed by atoms with Crippen LogP contribution in [-0.4, -0.2) is 30.6 Å². The molecule has 5 heteroatoms. The van der Waals surface area contributed by atoms with Gasteiger partial charge in [0.2, 0.25) is 0 Å². The third-order valence-electron chi connectivity index (χ3n) is 5.34. The zero-order valence-electron chi connectivity index (χ0n) is 15.5. The number of nitrogens with zero attached hydrogens (tertiary/aromatic N) is 1. The normalized spacial score (nSPS) is 18.3. The Labute approximate surface area is 168 Å². The maximum absolute atomic E-state index is 13.5.